The summed E-state index contributed by atoms with van der Waals surface area (Å²) in [6.07, 6.45) is 0.0883. The molecule has 0 spiro atoms. The third kappa shape index (κ3) is 4.31. The maximum atomic E-state index is 14.2. The van der Waals surface area contributed by atoms with Crippen molar-refractivity contribution in [3.8, 4) is 0 Å². The first-order valence-corrected chi connectivity index (χ1v) is 8.48. The second-order valence-corrected chi connectivity index (χ2v) is 8.36. The molecule has 0 bridgehead atoms. The second-order valence-electron chi connectivity index (χ2n) is 5.75. The number of hydrogen-bond donors (Lipinski definition) is 2. The quantitative estimate of drug-likeness (QED) is 0.759. The summed E-state index contributed by atoms with van der Waals surface area (Å²) in [5.41, 5.74) is -1.10. The molecule has 0 aliphatic rings. The van der Waals surface area contributed by atoms with Gasteiger partial charge >= 0.3 is 0 Å². The minimum absolute atomic E-state index is 0.0253. The zero-order valence-corrected chi connectivity index (χ0v) is 14.4. The molecule has 0 fully saturated rings. The van der Waals surface area contributed by atoms with Crippen molar-refractivity contribution < 1.29 is 18.1 Å². The van der Waals surface area contributed by atoms with Gasteiger partial charge in [0.15, 0.2) is 0 Å². The van der Waals surface area contributed by atoms with Gasteiger partial charge in [-0.15, -0.1) is 0 Å². The van der Waals surface area contributed by atoms with Crippen LogP contribution in [0, 0.1) is 5.82 Å². The Balaban J connectivity index is 3.39. The summed E-state index contributed by atoms with van der Waals surface area (Å²) in [7, 11) is -1.70. The van der Waals surface area contributed by atoms with E-state index in [0.29, 0.717) is 4.47 Å². The number of nitrogens with two attached hydrogens (primary N) is 1. The van der Waals surface area contributed by atoms with Crippen LogP contribution in [0.5, 0.6) is 0 Å². The van der Waals surface area contributed by atoms with E-state index >= 15 is 0 Å². The molecular formula is C14H20BrF2NO2S. The molecule has 1 aromatic carbocycles. The van der Waals surface area contributed by atoms with Gasteiger partial charge in [-0.05, 0) is 50.5 Å². The standard InChI is InChI=1S/C14H20BrF2NO2S/c1-13(2,21(18)20)8-14(9-16,5-6-19)11-7-10(15)3-4-12(11)17/h3-4,7,19H,5-6,8-9,18H2,1-2H3/t14-,21?/m1/s1. The van der Waals surface area contributed by atoms with Crippen molar-refractivity contribution in [2.75, 3.05) is 13.3 Å². The first-order chi connectivity index (χ1) is 9.68. The van der Waals surface area contributed by atoms with E-state index in [1.165, 1.54) is 18.2 Å². The predicted molar refractivity (Wildman–Crippen MR) is 84.5 cm³/mol. The summed E-state index contributed by atoms with van der Waals surface area (Å²) < 4.78 is 39.4. The molecule has 3 N–H and O–H groups in total. The molecule has 0 heterocycles. The molecule has 0 aliphatic heterocycles. The fourth-order valence-corrected chi connectivity index (χ4v) is 3.29. The molecule has 2 atom stereocenters. The second kappa shape index (κ2) is 7.26. The summed E-state index contributed by atoms with van der Waals surface area (Å²) in [4.78, 5) is 0. The Morgan fingerprint density at radius 3 is 2.52 bits per heavy atom. The third-order valence-electron chi connectivity index (χ3n) is 3.65. The molecule has 1 unspecified atom stereocenters. The Hall–Kier alpha value is -0.370. The minimum atomic E-state index is -1.70. The molecule has 3 nitrogen and oxygen atoms in total. The number of halogens is 3. The van der Waals surface area contributed by atoms with Crippen LogP contribution in [-0.4, -0.2) is 27.3 Å². The lowest BCUT2D eigenvalue weighted by molar-refractivity contribution is 0.184. The smallest absolute Gasteiger partial charge is 0.127 e. The highest BCUT2D eigenvalue weighted by atomic mass is 79.9. The molecule has 7 heteroatoms. The lowest BCUT2D eigenvalue weighted by atomic mass is 9.72. The maximum Gasteiger partial charge on any atom is 0.127 e. The van der Waals surface area contributed by atoms with Gasteiger partial charge in [0, 0.05) is 16.5 Å². The number of benzene rings is 1. The fraction of sp³-hybridized carbons (Fsp3) is 0.571. The van der Waals surface area contributed by atoms with E-state index in [-0.39, 0.29) is 25.0 Å². The van der Waals surface area contributed by atoms with Crippen molar-refractivity contribution in [2.24, 2.45) is 5.14 Å². The Bertz CT molecular complexity index is 528. The monoisotopic (exact) mass is 383 g/mol. The van der Waals surface area contributed by atoms with E-state index in [4.69, 9.17) is 5.14 Å². The van der Waals surface area contributed by atoms with E-state index in [1.54, 1.807) is 13.8 Å². The molecule has 1 rings (SSSR count). The van der Waals surface area contributed by atoms with Crippen LogP contribution in [0.25, 0.3) is 0 Å². The van der Waals surface area contributed by atoms with Crippen LogP contribution in [0.3, 0.4) is 0 Å². The largest absolute Gasteiger partial charge is 0.396 e. The molecule has 1 aromatic rings. The molecule has 21 heavy (non-hydrogen) atoms. The van der Waals surface area contributed by atoms with Crippen LogP contribution in [0.4, 0.5) is 8.78 Å². The van der Waals surface area contributed by atoms with Gasteiger partial charge in [-0.1, -0.05) is 15.9 Å². The average molecular weight is 384 g/mol. The summed E-state index contributed by atoms with van der Waals surface area (Å²) in [5, 5.41) is 14.7. The Morgan fingerprint density at radius 2 is 2.05 bits per heavy atom. The van der Waals surface area contributed by atoms with Crippen molar-refractivity contribution in [3.63, 3.8) is 0 Å². The molecule has 0 aromatic heterocycles. The zero-order valence-electron chi connectivity index (χ0n) is 12.0. The van der Waals surface area contributed by atoms with Crippen molar-refractivity contribution in [3.05, 3.63) is 34.1 Å². The molecule has 0 aliphatic carbocycles. The van der Waals surface area contributed by atoms with Gasteiger partial charge in [0.1, 0.15) is 5.82 Å². The SMILES string of the molecule is CC(C)(C[C@@](CF)(CCO)c1cc(Br)ccc1F)S(N)=O. The van der Waals surface area contributed by atoms with E-state index in [2.05, 4.69) is 15.9 Å². The van der Waals surface area contributed by atoms with Gasteiger partial charge in [0.05, 0.1) is 22.4 Å². The van der Waals surface area contributed by atoms with Gasteiger partial charge in [-0.2, -0.15) is 0 Å². The van der Waals surface area contributed by atoms with Crippen molar-refractivity contribution in [1.82, 2.24) is 0 Å². The molecule has 0 radical (unpaired) electrons. The summed E-state index contributed by atoms with van der Waals surface area (Å²) in [6, 6.07) is 4.26. The van der Waals surface area contributed by atoms with Crippen molar-refractivity contribution in [1.29, 1.82) is 0 Å². The lowest BCUT2D eigenvalue weighted by Gasteiger charge is -2.37. The lowest BCUT2D eigenvalue weighted by Crippen LogP contribution is -2.43. The minimum Gasteiger partial charge on any atom is -0.396 e. The van der Waals surface area contributed by atoms with E-state index in [9.17, 15) is 18.1 Å². The highest BCUT2D eigenvalue weighted by molar-refractivity contribution is 9.10. The Kier molecular flexibility index (Phi) is 6.46. The topological polar surface area (TPSA) is 63.3 Å². The molecule has 0 saturated heterocycles. The van der Waals surface area contributed by atoms with E-state index in [1.807, 2.05) is 0 Å². The molecule has 120 valence electrons. The van der Waals surface area contributed by atoms with Crippen molar-refractivity contribution >= 4 is 26.9 Å². The van der Waals surface area contributed by atoms with Crippen LogP contribution in [0.1, 0.15) is 32.3 Å². The average Bonchev–Trinajstić information content (AvgIpc) is 2.40. The number of aliphatic hydroxyl groups is 1. The summed E-state index contributed by atoms with van der Waals surface area (Å²) in [5.74, 6) is -0.553. The predicted octanol–water partition coefficient (Wildman–Crippen LogP) is 2.97. The number of hydrogen-bond acceptors (Lipinski definition) is 2. The number of rotatable bonds is 7. The van der Waals surface area contributed by atoms with Gasteiger partial charge in [0.25, 0.3) is 0 Å². The number of alkyl halides is 1. The highest BCUT2D eigenvalue weighted by Gasteiger charge is 2.41. The van der Waals surface area contributed by atoms with Gasteiger partial charge in [0.2, 0.25) is 0 Å². The molecule has 0 amide bonds. The van der Waals surface area contributed by atoms with Crippen LogP contribution in [0.15, 0.2) is 22.7 Å². The van der Waals surface area contributed by atoms with E-state index in [0.717, 1.165) is 0 Å². The fourth-order valence-electron chi connectivity index (χ4n) is 2.51. The first-order valence-electron chi connectivity index (χ1n) is 6.47. The van der Waals surface area contributed by atoms with Gasteiger partial charge in [-0.25, -0.2) is 8.60 Å². The van der Waals surface area contributed by atoms with Crippen LogP contribution >= 0.6 is 15.9 Å². The first kappa shape index (κ1) is 18.7. The molecular weight excluding hydrogens is 364 g/mol. The van der Waals surface area contributed by atoms with Crippen LogP contribution < -0.4 is 5.14 Å². The Labute approximate surface area is 134 Å². The van der Waals surface area contributed by atoms with Gasteiger partial charge in [-0.3, -0.25) is 9.53 Å². The van der Waals surface area contributed by atoms with E-state index < -0.39 is 33.6 Å². The highest BCUT2D eigenvalue weighted by Crippen LogP contribution is 2.40. The summed E-state index contributed by atoms with van der Waals surface area (Å²) >= 11 is 3.24. The maximum absolute atomic E-state index is 14.2. The van der Waals surface area contributed by atoms with Crippen molar-refractivity contribution in [2.45, 2.75) is 36.9 Å². The van der Waals surface area contributed by atoms with Crippen LogP contribution in [0.2, 0.25) is 0 Å². The normalized spacial score (nSPS) is 16.5. The zero-order chi connectivity index (χ0) is 16.3. The number of aliphatic hydroxyl groups excluding tert-OH is 1. The summed E-state index contributed by atoms with van der Waals surface area (Å²) in [6.45, 7) is 2.10. The Morgan fingerprint density at radius 1 is 1.43 bits per heavy atom. The van der Waals surface area contributed by atoms with Crippen LogP contribution in [-0.2, 0) is 16.4 Å². The van der Waals surface area contributed by atoms with Gasteiger partial charge < -0.3 is 5.11 Å². The molecule has 0 saturated carbocycles. The third-order valence-corrected chi connectivity index (χ3v) is 5.38.